The summed E-state index contributed by atoms with van der Waals surface area (Å²) in [6.07, 6.45) is 3.01. The van der Waals surface area contributed by atoms with Gasteiger partial charge < -0.3 is 9.84 Å². The SMILES string of the molecule is COCCCC(CO)Cc1cccc(C)c1. The maximum atomic E-state index is 9.32. The summed E-state index contributed by atoms with van der Waals surface area (Å²) in [6, 6.07) is 8.50. The molecule has 16 heavy (non-hydrogen) atoms. The number of methoxy groups -OCH3 is 1. The van der Waals surface area contributed by atoms with E-state index < -0.39 is 0 Å². The number of hydrogen-bond acceptors (Lipinski definition) is 2. The molecular weight excluding hydrogens is 200 g/mol. The smallest absolute Gasteiger partial charge is 0.0462 e. The number of aliphatic hydroxyl groups is 1. The van der Waals surface area contributed by atoms with Crippen molar-refractivity contribution in [2.45, 2.75) is 26.2 Å². The third kappa shape index (κ3) is 4.77. The number of aryl methyl sites for hydroxylation is 1. The molecule has 0 saturated carbocycles. The van der Waals surface area contributed by atoms with Crippen molar-refractivity contribution in [3.05, 3.63) is 35.4 Å². The summed E-state index contributed by atoms with van der Waals surface area (Å²) in [4.78, 5) is 0. The molecule has 1 aromatic carbocycles. The zero-order valence-corrected chi connectivity index (χ0v) is 10.3. The van der Waals surface area contributed by atoms with Crippen LogP contribution in [0.3, 0.4) is 0 Å². The summed E-state index contributed by atoms with van der Waals surface area (Å²) in [7, 11) is 1.72. The molecule has 0 spiro atoms. The van der Waals surface area contributed by atoms with Gasteiger partial charge in [-0.2, -0.15) is 0 Å². The fourth-order valence-electron chi connectivity index (χ4n) is 1.95. The molecule has 0 amide bonds. The molecule has 0 saturated heterocycles. The number of rotatable bonds is 7. The molecule has 0 aromatic heterocycles. The van der Waals surface area contributed by atoms with E-state index >= 15 is 0 Å². The molecule has 1 N–H and O–H groups in total. The van der Waals surface area contributed by atoms with E-state index in [2.05, 4.69) is 31.2 Å². The molecule has 0 bridgehead atoms. The van der Waals surface area contributed by atoms with Gasteiger partial charge in [-0.15, -0.1) is 0 Å². The third-order valence-electron chi connectivity index (χ3n) is 2.83. The lowest BCUT2D eigenvalue weighted by Gasteiger charge is -2.14. The lowest BCUT2D eigenvalue weighted by atomic mass is 9.95. The van der Waals surface area contributed by atoms with Crippen LogP contribution in [0.5, 0.6) is 0 Å². The van der Waals surface area contributed by atoms with E-state index in [1.54, 1.807) is 7.11 Å². The van der Waals surface area contributed by atoms with Crippen molar-refractivity contribution in [3.63, 3.8) is 0 Å². The van der Waals surface area contributed by atoms with Crippen LogP contribution in [-0.2, 0) is 11.2 Å². The van der Waals surface area contributed by atoms with Gasteiger partial charge in [-0.3, -0.25) is 0 Å². The van der Waals surface area contributed by atoms with E-state index in [-0.39, 0.29) is 6.61 Å². The first-order valence-electron chi connectivity index (χ1n) is 5.91. The fourth-order valence-corrected chi connectivity index (χ4v) is 1.95. The average Bonchev–Trinajstić information content (AvgIpc) is 2.28. The Kier molecular flexibility index (Phi) is 6.12. The van der Waals surface area contributed by atoms with E-state index in [0.717, 1.165) is 25.9 Å². The van der Waals surface area contributed by atoms with Crippen LogP contribution in [0, 0.1) is 12.8 Å². The van der Waals surface area contributed by atoms with E-state index in [1.165, 1.54) is 11.1 Å². The summed E-state index contributed by atoms with van der Waals surface area (Å²) in [6.45, 7) is 3.14. The predicted molar refractivity (Wildman–Crippen MR) is 66.6 cm³/mol. The maximum absolute atomic E-state index is 9.32. The lowest BCUT2D eigenvalue weighted by Crippen LogP contribution is -2.10. The quantitative estimate of drug-likeness (QED) is 0.718. The second kappa shape index (κ2) is 7.42. The molecule has 1 rings (SSSR count). The highest BCUT2D eigenvalue weighted by molar-refractivity contribution is 5.22. The second-order valence-corrected chi connectivity index (χ2v) is 4.38. The van der Waals surface area contributed by atoms with Gasteiger partial charge in [-0.1, -0.05) is 29.8 Å². The van der Waals surface area contributed by atoms with Gasteiger partial charge >= 0.3 is 0 Å². The zero-order valence-electron chi connectivity index (χ0n) is 10.3. The minimum absolute atomic E-state index is 0.262. The van der Waals surface area contributed by atoms with Crippen molar-refractivity contribution < 1.29 is 9.84 Å². The van der Waals surface area contributed by atoms with Crippen LogP contribution in [0.4, 0.5) is 0 Å². The van der Waals surface area contributed by atoms with E-state index in [4.69, 9.17) is 4.74 Å². The van der Waals surface area contributed by atoms with Crippen molar-refractivity contribution in [2.24, 2.45) is 5.92 Å². The molecule has 0 aliphatic heterocycles. The number of aliphatic hydroxyl groups excluding tert-OH is 1. The molecule has 0 radical (unpaired) electrons. The Labute approximate surface area is 98.3 Å². The van der Waals surface area contributed by atoms with Gasteiger partial charge in [0.05, 0.1) is 0 Å². The van der Waals surface area contributed by atoms with Crippen LogP contribution in [0.1, 0.15) is 24.0 Å². The molecule has 0 aliphatic rings. The van der Waals surface area contributed by atoms with Gasteiger partial charge in [-0.05, 0) is 37.7 Å². The van der Waals surface area contributed by atoms with Crippen molar-refractivity contribution in [2.75, 3.05) is 20.3 Å². The van der Waals surface area contributed by atoms with Crippen LogP contribution in [-0.4, -0.2) is 25.4 Å². The minimum atomic E-state index is 0.262. The van der Waals surface area contributed by atoms with Crippen LogP contribution in [0.2, 0.25) is 0 Å². The first-order valence-corrected chi connectivity index (χ1v) is 5.91. The highest BCUT2D eigenvalue weighted by Gasteiger charge is 2.08. The van der Waals surface area contributed by atoms with Gasteiger partial charge in [-0.25, -0.2) is 0 Å². The number of hydrogen-bond donors (Lipinski definition) is 1. The summed E-state index contributed by atoms with van der Waals surface area (Å²) in [5.41, 5.74) is 2.60. The number of benzene rings is 1. The molecule has 0 aliphatic carbocycles. The van der Waals surface area contributed by atoms with Crippen molar-refractivity contribution in [1.29, 1.82) is 0 Å². The highest BCUT2D eigenvalue weighted by atomic mass is 16.5. The topological polar surface area (TPSA) is 29.5 Å². The molecule has 1 aromatic rings. The Morgan fingerprint density at radius 2 is 2.19 bits per heavy atom. The zero-order chi connectivity index (χ0) is 11.8. The van der Waals surface area contributed by atoms with Crippen molar-refractivity contribution >= 4 is 0 Å². The van der Waals surface area contributed by atoms with Gasteiger partial charge in [0.25, 0.3) is 0 Å². The molecule has 0 fully saturated rings. The van der Waals surface area contributed by atoms with Gasteiger partial charge in [0, 0.05) is 20.3 Å². The molecular formula is C14H22O2. The van der Waals surface area contributed by atoms with Gasteiger partial charge in [0.1, 0.15) is 0 Å². The molecule has 1 unspecified atom stereocenters. The summed E-state index contributed by atoms with van der Waals surface area (Å²) in [5.74, 6) is 0.358. The monoisotopic (exact) mass is 222 g/mol. The molecule has 1 atom stereocenters. The lowest BCUT2D eigenvalue weighted by molar-refractivity contribution is 0.169. The maximum Gasteiger partial charge on any atom is 0.0462 e. The van der Waals surface area contributed by atoms with Crippen LogP contribution in [0.15, 0.2) is 24.3 Å². The fraction of sp³-hybridized carbons (Fsp3) is 0.571. The van der Waals surface area contributed by atoms with Crippen LogP contribution >= 0.6 is 0 Å². The average molecular weight is 222 g/mol. The predicted octanol–water partition coefficient (Wildman–Crippen LogP) is 2.57. The Hall–Kier alpha value is -0.860. The first kappa shape index (κ1) is 13.2. The van der Waals surface area contributed by atoms with Crippen LogP contribution in [0.25, 0.3) is 0 Å². The third-order valence-corrected chi connectivity index (χ3v) is 2.83. The molecule has 2 nitrogen and oxygen atoms in total. The summed E-state index contributed by atoms with van der Waals surface area (Å²) >= 11 is 0. The first-order chi connectivity index (χ1) is 7.76. The summed E-state index contributed by atoms with van der Waals surface area (Å²) in [5, 5.41) is 9.32. The number of ether oxygens (including phenoxy) is 1. The summed E-state index contributed by atoms with van der Waals surface area (Å²) < 4.78 is 5.02. The van der Waals surface area contributed by atoms with Crippen LogP contribution < -0.4 is 0 Å². The van der Waals surface area contributed by atoms with E-state index in [9.17, 15) is 5.11 Å². The molecule has 0 heterocycles. The van der Waals surface area contributed by atoms with Gasteiger partial charge in [0.2, 0.25) is 0 Å². The Balaban J connectivity index is 2.43. The molecule has 90 valence electrons. The molecule has 2 heteroatoms. The Morgan fingerprint density at radius 3 is 2.81 bits per heavy atom. The van der Waals surface area contributed by atoms with Crippen molar-refractivity contribution in [3.8, 4) is 0 Å². The van der Waals surface area contributed by atoms with E-state index in [1.807, 2.05) is 0 Å². The van der Waals surface area contributed by atoms with Crippen molar-refractivity contribution in [1.82, 2.24) is 0 Å². The minimum Gasteiger partial charge on any atom is -0.396 e. The van der Waals surface area contributed by atoms with Gasteiger partial charge in [0.15, 0.2) is 0 Å². The standard InChI is InChI=1S/C14H22O2/c1-12-5-3-6-13(9-12)10-14(11-15)7-4-8-16-2/h3,5-6,9,14-15H,4,7-8,10-11H2,1-2H3. The highest BCUT2D eigenvalue weighted by Crippen LogP contribution is 2.15. The normalized spacial score (nSPS) is 12.7. The van der Waals surface area contributed by atoms with E-state index in [0.29, 0.717) is 5.92 Å². The largest absolute Gasteiger partial charge is 0.396 e. The Bertz CT molecular complexity index is 297. The second-order valence-electron chi connectivity index (χ2n) is 4.38. The Morgan fingerprint density at radius 1 is 1.38 bits per heavy atom.